The van der Waals surface area contributed by atoms with Gasteiger partial charge in [-0.1, -0.05) is 24.3 Å². The van der Waals surface area contributed by atoms with Crippen LogP contribution < -0.4 is 10.6 Å². The number of para-hydroxylation sites is 2. The van der Waals surface area contributed by atoms with Crippen LogP contribution in [0.5, 0.6) is 0 Å². The number of benzene rings is 2. The van der Waals surface area contributed by atoms with E-state index in [0.717, 1.165) is 35.3 Å². The zero-order valence-electron chi connectivity index (χ0n) is 14.1. The molecule has 3 rings (SSSR count). The molecule has 25 heavy (non-hydrogen) atoms. The summed E-state index contributed by atoms with van der Waals surface area (Å²) in [5, 5.41) is 5.52. The molecule has 0 fully saturated rings. The Kier molecular flexibility index (Phi) is 5.28. The Hall–Kier alpha value is -2.89. The fourth-order valence-electron chi connectivity index (χ4n) is 2.57. The molecule has 0 radical (unpaired) electrons. The predicted octanol–water partition coefficient (Wildman–Crippen LogP) is 3.44. The number of fused-ring (bicyclic) bond motifs is 1. The van der Waals surface area contributed by atoms with Gasteiger partial charge in [-0.3, -0.25) is 0 Å². The van der Waals surface area contributed by atoms with Crippen LogP contribution in [0.15, 0.2) is 42.5 Å². The average molecular weight is 340 g/mol. The Morgan fingerprint density at radius 2 is 2.04 bits per heavy atom. The van der Waals surface area contributed by atoms with Gasteiger partial charge in [0.2, 0.25) is 0 Å². The number of aromatic nitrogens is 2. The molecule has 1 aromatic heterocycles. The quantitative estimate of drug-likeness (QED) is 0.602. The van der Waals surface area contributed by atoms with E-state index >= 15 is 0 Å². The molecule has 3 N–H and O–H groups in total. The Morgan fingerprint density at radius 1 is 1.20 bits per heavy atom. The number of amides is 2. The number of nitrogens with zero attached hydrogens (tertiary/aromatic N) is 1. The third-order valence-corrected chi connectivity index (χ3v) is 4.00. The molecular weight excluding hydrogens is 319 g/mol. The number of hydrogen-bond acceptors (Lipinski definition) is 2. The number of nitrogens with one attached hydrogen (secondary N) is 3. The van der Waals surface area contributed by atoms with E-state index in [1.807, 2.05) is 24.3 Å². The van der Waals surface area contributed by atoms with Crippen molar-refractivity contribution in [3.8, 4) is 0 Å². The number of aromatic amines is 1. The van der Waals surface area contributed by atoms with E-state index in [9.17, 15) is 9.18 Å². The molecule has 0 bridgehead atoms. The first-order valence-corrected chi connectivity index (χ1v) is 8.32. The summed E-state index contributed by atoms with van der Waals surface area (Å²) in [6.07, 6.45) is 1.55. The summed E-state index contributed by atoms with van der Waals surface area (Å²) in [4.78, 5) is 19.5. The van der Waals surface area contributed by atoms with Crippen LogP contribution in [0.2, 0.25) is 0 Å². The fourth-order valence-corrected chi connectivity index (χ4v) is 2.57. The highest BCUT2D eigenvalue weighted by Crippen LogP contribution is 2.11. The van der Waals surface area contributed by atoms with Crippen LogP contribution in [0.25, 0.3) is 11.0 Å². The summed E-state index contributed by atoms with van der Waals surface area (Å²) in [6.45, 7) is 2.55. The van der Waals surface area contributed by atoms with Crippen molar-refractivity contribution in [2.45, 2.75) is 26.3 Å². The van der Waals surface area contributed by atoms with E-state index in [1.165, 1.54) is 6.07 Å². The van der Waals surface area contributed by atoms with Gasteiger partial charge in [-0.15, -0.1) is 0 Å². The SMILES string of the molecule is Cc1ccc(CNC(=O)NCCCc2nc3ccccc3[nH]2)cc1F. The Bertz CT molecular complexity index is 842. The lowest BCUT2D eigenvalue weighted by Crippen LogP contribution is -2.35. The first-order valence-electron chi connectivity index (χ1n) is 8.32. The number of hydrogen-bond donors (Lipinski definition) is 3. The van der Waals surface area contributed by atoms with E-state index in [-0.39, 0.29) is 11.8 Å². The summed E-state index contributed by atoms with van der Waals surface area (Å²) in [6, 6.07) is 12.6. The van der Waals surface area contributed by atoms with Gasteiger partial charge in [0.25, 0.3) is 0 Å². The third kappa shape index (κ3) is 4.56. The molecule has 0 aliphatic rings. The summed E-state index contributed by atoms with van der Waals surface area (Å²) in [5.74, 6) is 0.657. The molecule has 0 aliphatic carbocycles. The monoisotopic (exact) mass is 340 g/mol. The van der Waals surface area contributed by atoms with Crippen LogP contribution in [0.1, 0.15) is 23.4 Å². The molecule has 0 saturated heterocycles. The minimum absolute atomic E-state index is 0.259. The van der Waals surface area contributed by atoms with Crippen molar-refractivity contribution in [1.82, 2.24) is 20.6 Å². The Labute approximate surface area is 145 Å². The van der Waals surface area contributed by atoms with Crippen LogP contribution in [0, 0.1) is 12.7 Å². The number of H-pyrrole nitrogens is 1. The van der Waals surface area contributed by atoms with E-state index in [2.05, 4.69) is 20.6 Å². The lowest BCUT2D eigenvalue weighted by atomic mass is 10.1. The molecule has 0 spiro atoms. The molecule has 5 nitrogen and oxygen atoms in total. The van der Waals surface area contributed by atoms with Crippen molar-refractivity contribution < 1.29 is 9.18 Å². The maximum absolute atomic E-state index is 13.5. The summed E-state index contributed by atoms with van der Waals surface area (Å²) in [5.41, 5.74) is 3.31. The number of imidazole rings is 1. The van der Waals surface area contributed by atoms with Crippen LogP contribution >= 0.6 is 0 Å². The van der Waals surface area contributed by atoms with Crippen molar-refractivity contribution >= 4 is 17.1 Å². The second-order valence-corrected chi connectivity index (χ2v) is 6.00. The van der Waals surface area contributed by atoms with Crippen LogP contribution in [-0.4, -0.2) is 22.5 Å². The maximum Gasteiger partial charge on any atom is 0.315 e. The average Bonchev–Trinajstić information content (AvgIpc) is 3.02. The van der Waals surface area contributed by atoms with Crippen molar-refractivity contribution in [3.63, 3.8) is 0 Å². The van der Waals surface area contributed by atoms with E-state index in [4.69, 9.17) is 0 Å². The number of aryl methyl sites for hydroxylation is 2. The number of urea groups is 1. The molecule has 130 valence electrons. The smallest absolute Gasteiger partial charge is 0.315 e. The minimum atomic E-state index is -0.259. The second-order valence-electron chi connectivity index (χ2n) is 6.00. The summed E-state index contributed by atoms with van der Waals surface area (Å²) < 4.78 is 13.5. The van der Waals surface area contributed by atoms with E-state index < -0.39 is 0 Å². The normalized spacial score (nSPS) is 10.8. The Balaban J connectivity index is 1.38. The molecule has 0 saturated carbocycles. The van der Waals surface area contributed by atoms with Gasteiger partial charge in [0, 0.05) is 19.5 Å². The predicted molar refractivity (Wildman–Crippen MR) is 95.8 cm³/mol. The molecule has 2 amide bonds. The van der Waals surface area contributed by atoms with Gasteiger partial charge >= 0.3 is 6.03 Å². The third-order valence-electron chi connectivity index (χ3n) is 4.00. The topological polar surface area (TPSA) is 69.8 Å². The largest absolute Gasteiger partial charge is 0.342 e. The standard InChI is InChI=1S/C19H21FN4O/c1-13-8-9-14(11-15(13)20)12-22-19(25)21-10-4-7-18-23-16-5-2-3-6-17(16)24-18/h2-3,5-6,8-9,11H,4,7,10,12H2,1H3,(H,23,24)(H2,21,22,25). The van der Waals surface area contributed by atoms with Gasteiger partial charge in [-0.25, -0.2) is 14.2 Å². The highest BCUT2D eigenvalue weighted by atomic mass is 19.1. The van der Waals surface area contributed by atoms with E-state index in [0.29, 0.717) is 18.7 Å². The first-order chi connectivity index (χ1) is 12.1. The molecule has 0 unspecified atom stereocenters. The highest BCUT2D eigenvalue weighted by molar-refractivity contribution is 5.75. The van der Waals surface area contributed by atoms with Crippen molar-refractivity contribution in [1.29, 1.82) is 0 Å². The number of rotatable bonds is 6. The molecule has 0 aliphatic heterocycles. The van der Waals surface area contributed by atoms with Crippen molar-refractivity contribution in [3.05, 3.63) is 65.2 Å². The number of carbonyl (C=O) groups excluding carboxylic acids is 1. The Morgan fingerprint density at radius 3 is 2.84 bits per heavy atom. The van der Waals surface area contributed by atoms with Gasteiger partial charge in [0.1, 0.15) is 11.6 Å². The first kappa shape index (κ1) is 17.0. The van der Waals surface area contributed by atoms with Gasteiger partial charge in [-0.05, 0) is 42.7 Å². The zero-order valence-corrected chi connectivity index (χ0v) is 14.1. The number of carbonyl (C=O) groups is 1. The zero-order chi connectivity index (χ0) is 17.6. The maximum atomic E-state index is 13.5. The minimum Gasteiger partial charge on any atom is -0.342 e. The summed E-state index contributed by atoms with van der Waals surface area (Å²) >= 11 is 0. The van der Waals surface area contributed by atoms with Gasteiger partial charge < -0.3 is 15.6 Å². The van der Waals surface area contributed by atoms with Crippen LogP contribution in [-0.2, 0) is 13.0 Å². The van der Waals surface area contributed by atoms with Crippen LogP contribution in [0.3, 0.4) is 0 Å². The molecule has 1 heterocycles. The lowest BCUT2D eigenvalue weighted by Gasteiger charge is -2.08. The fraction of sp³-hybridized carbons (Fsp3) is 0.263. The molecule has 0 atom stereocenters. The second kappa shape index (κ2) is 7.79. The molecule has 3 aromatic rings. The van der Waals surface area contributed by atoms with Gasteiger partial charge in [-0.2, -0.15) is 0 Å². The van der Waals surface area contributed by atoms with E-state index in [1.54, 1.807) is 19.1 Å². The highest BCUT2D eigenvalue weighted by Gasteiger charge is 2.04. The molecule has 6 heteroatoms. The number of halogens is 1. The van der Waals surface area contributed by atoms with Crippen molar-refractivity contribution in [2.24, 2.45) is 0 Å². The molecular formula is C19H21FN4O. The van der Waals surface area contributed by atoms with Crippen molar-refractivity contribution in [2.75, 3.05) is 6.54 Å². The molecule has 2 aromatic carbocycles. The lowest BCUT2D eigenvalue weighted by molar-refractivity contribution is 0.240. The summed E-state index contributed by atoms with van der Waals surface area (Å²) in [7, 11) is 0. The van der Waals surface area contributed by atoms with Gasteiger partial charge in [0.15, 0.2) is 0 Å². The van der Waals surface area contributed by atoms with Crippen LogP contribution in [0.4, 0.5) is 9.18 Å². The van der Waals surface area contributed by atoms with Gasteiger partial charge in [0.05, 0.1) is 11.0 Å².